The number of pyridine rings is 1. The quantitative estimate of drug-likeness (QED) is 0.660. The van der Waals surface area contributed by atoms with E-state index >= 15 is 0 Å². The fraction of sp³-hybridized carbons (Fsp3) is 0.320. The minimum atomic E-state index is -0.383. The summed E-state index contributed by atoms with van der Waals surface area (Å²) in [5.41, 5.74) is 4.43. The summed E-state index contributed by atoms with van der Waals surface area (Å²) >= 11 is 0. The number of benzene rings is 1. The molecule has 0 saturated heterocycles. The van der Waals surface area contributed by atoms with E-state index in [-0.39, 0.29) is 23.9 Å². The lowest BCUT2D eigenvalue weighted by Crippen LogP contribution is -2.52. The van der Waals surface area contributed by atoms with E-state index in [1.54, 1.807) is 12.3 Å². The number of carbonyl (C=O) groups is 2. The number of hydrogen-bond acceptors (Lipinski definition) is 3. The summed E-state index contributed by atoms with van der Waals surface area (Å²) in [6, 6.07) is 11.2. The number of amides is 3. The molecule has 0 bridgehead atoms. The van der Waals surface area contributed by atoms with Crippen LogP contribution in [0.1, 0.15) is 25.0 Å². The number of carbonyl (C=O) groups excluding carboxylic acids is 2. The van der Waals surface area contributed by atoms with E-state index in [2.05, 4.69) is 33.5 Å². The second-order valence-corrected chi connectivity index (χ2v) is 8.30. The van der Waals surface area contributed by atoms with Gasteiger partial charge in [-0.1, -0.05) is 24.3 Å². The third kappa shape index (κ3) is 3.34. The van der Waals surface area contributed by atoms with Crippen LogP contribution in [0.3, 0.4) is 0 Å². The number of hydrogen-bond donors (Lipinski definition) is 2. The van der Waals surface area contributed by atoms with Crippen LogP contribution in [-0.2, 0) is 11.2 Å². The van der Waals surface area contributed by atoms with Crippen LogP contribution in [0.15, 0.2) is 54.9 Å². The molecule has 0 unspecified atom stereocenters. The van der Waals surface area contributed by atoms with Crippen molar-refractivity contribution in [2.45, 2.75) is 26.3 Å². The van der Waals surface area contributed by atoms with Crippen LogP contribution in [-0.4, -0.2) is 57.4 Å². The molecule has 1 aromatic carbocycles. The molecule has 1 aliphatic heterocycles. The third-order valence-electron chi connectivity index (χ3n) is 6.57. The Kier molecular flexibility index (Phi) is 5.17. The molecule has 2 aliphatic rings. The topological polar surface area (TPSA) is 81.3 Å². The number of urea groups is 1. The normalized spacial score (nSPS) is 19.3. The Hall–Kier alpha value is -3.61. The Bertz CT molecular complexity index is 1200. The van der Waals surface area contributed by atoms with Crippen molar-refractivity contribution in [3.63, 3.8) is 0 Å². The predicted octanol–water partition coefficient (Wildman–Crippen LogP) is 3.90. The first-order valence-corrected chi connectivity index (χ1v) is 11.2. The fourth-order valence-electron chi connectivity index (χ4n) is 5.00. The van der Waals surface area contributed by atoms with Gasteiger partial charge in [-0.3, -0.25) is 10.1 Å². The summed E-state index contributed by atoms with van der Waals surface area (Å²) in [6.45, 7) is 5.61. The molecular weight excluding hydrogens is 402 g/mol. The van der Waals surface area contributed by atoms with Gasteiger partial charge >= 0.3 is 6.03 Å². The summed E-state index contributed by atoms with van der Waals surface area (Å²) < 4.78 is 0. The van der Waals surface area contributed by atoms with E-state index in [0.29, 0.717) is 31.9 Å². The Labute approximate surface area is 187 Å². The van der Waals surface area contributed by atoms with Crippen LogP contribution < -0.4 is 5.32 Å². The number of aromatic nitrogens is 2. The van der Waals surface area contributed by atoms with Gasteiger partial charge < -0.3 is 14.8 Å². The van der Waals surface area contributed by atoms with Crippen molar-refractivity contribution in [1.29, 1.82) is 0 Å². The number of H-pyrrole nitrogens is 1. The molecule has 3 amide bonds. The van der Waals surface area contributed by atoms with Gasteiger partial charge in [-0.25, -0.2) is 9.78 Å². The van der Waals surface area contributed by atoms with Gasteiger partial charge in [0.1, 0.15) is 5.82 Å². The molecule has 5 rings (SSSR count). The average molecular weight is 430 g/mol. The van der Waals surface area contributed by atoms with Crippen LogP contribution in [0.4, 0.5) is 10.6 Å². The number of nitrogens with one attached hydrogen (secondary N) is 2. The molecule has 2 N–H and O–H groups in total. The van der Waals surface area contributed by atoms with Gasteiger partial charge in [-0.2, -0.15) is 0 Å². The van der Waals surface area contributed by atoms with E-state index < -0.39 is 0 Å². The maximum Gasteiger partial charge on any atom is 0.323 e. The van der Waals surface area contributed by atoms with Gasteiger partial charge in [0.2, 0.25) is 5.91 Å². The molecule has 2 aromatic heterocycles. The highest BCUT2D eigenvalue weighted by Crippen LogP contribution is 2.41. The minimum absolute atomic E-state index is 0.0589. The maximum absolute atomic E-state index is 13.4. The van der Waals surface area contributed by atoms with Gasteiger partial charge in [0.25, 0.3) is 0 Å². The average Bonchev–Trinajstić information content (AvgIpc) is 3.24. The second-order valence-electron chi connectivity index (χ2n) is 8.30. The molecule has 0 radical (unpaired) electrons. The van der Waals surface area contributed by atoms with Crippen LogP contribution in [0.5, 0.6) is 0 Å². The highest BCUT2D eigenvalue weighted by Gasteiger charge is 2.40. The standard InChI is InChI=1S/C25H27N5O2/c1-3-29(4-2)24(31)17-12-19-18-8-7-9-20-23(18)16(14-27-20)13-21(19)30(15-17)25(32)28-22-10-5-6-11-26-22/h5-12,14,17,21,27H,3-4,13,15H2,1-2H3,(H,26,28,32)/t17-,21-/m1/s1. The van der Waals surface area contributed by atoms with Gasteiger partial charge in [0.05, 0.1) is 12.0 Å². The first-order valence-electron chi connectivity index (χ1n) is 11.2. The number of nitrogens with zero attached hydrogens (tertiary/aromatic N) is 3. The van der Waals surface area contributed by atoms with Crippen LogP contribution in [0.2, 0.25) is 0 Å². The molecule has 32 heavy (non-hydrogen) atoms. The monoisotopic (exact) mass is 429 g/mol. The predicted molar refractivity (Wildman–Crippen MR) is 125 cm³/mol. The van der Waals surface area contributed by atoms with Crippen molar-refractivity contribution in [1.82, 2.24) is 19.8 Å². The van der Waals surface area contributed by atoms with Crippen molar-refractivity contribution in [3.8, 4) is 0 Å². The van der Waals surface area contributed by atoms with E-state index in [1.807, 2.05) is 48.0 Å². The Balaban J connectivity index is 1.56. The highest BCUT2D eigenvalue weighted by atomic mass is 16.2. The summed E-state index contributed by atoms with van der Waals surface area (Å²) in [7, 11) is 0. The lowest BCUT2D eigenvalue weighted by Gasteiger charge is -2.42. The van der Waals surface area contributed by atoms with E-state index in [1.165, 1.54) is 10.9 Å². The van der Waals surface area contributed by atoms with Crippen LogP contribution >= 0.6 is 0 Å². The Morgan fingerprint density at radius 2 is 2.03 bits per heavy atom. The molecule has 0 saturated carbocycles. The van der Waals surface area contributed by atoms with E-state index in [0.717, 1.165) is 16.7 Å². The number of aromatic amines is 1. The number of fused-ring (bicyclic) bond motifs is 2. The van der Waals surface area contributed by atoms with Crippen molar-refractivity contribution in [2.75, 3.05) is 25.0 Å². The summed E-state index contributed by atoms with van der Waals surface area (Å²) in [5, 5.41) is 4.11. The first kappa shape index (κ1) is 20.3. The van der Waals surface area contributed by atoms with E-state index in [4.69, 9.17) is 0 Å². The Morgan fingerprint density at radius 3 is 2.78 bits per heavy atom. The molecule has 164 valence electrons. The van der Waals surface area contributed by atoms with Gasteiger partial charge in [-0.05, 0) is 55.2 Å². The van der Waals surface area contributed by atoms with Crippen molar-refractivity contribution in [3.05, 3.63) is 66.0 Å². The maximum atomic E-state index is 13.4. The first-order chi connectivity index (χ1) is 15.6. The molecule has 7 nitrogen and oxygen atoms in total. The SMILES string of the molecule is CCN(CC)C(=O)[C@@H]1C=C2c3cccc4[nH]cc(c34)C[C@H]2N(C(=O)Nc2ccccn2)C1. The summed E-state index contributed by atoms with van der Waals surface area (Å²) in [4.78, 5) is 37.9. The molecule has 0 fully saturated rings. The van der Waals surface area contributed by atoms with Crippen molar-refractivity contribution >= 4 is 34.2 Å². The summed E-state index contributed by atoms with van der Waals surface area (Å²) in [5.74, 6) is 0.176. The highest BCUT2D eigenvalue weighted by molar-refractivity contribution is 6.01. The molecular formula is C25H27N5O2. The largest absolute Gasteiger partial charge is 0.361 e. The number of anilines is 1. The van der Waals surface area contributed by atoms with Gasteiger partial charge in [0.15, 0.2) is 0 Å². The summed E-state index contributed by atoms with van der Waals surface area (Å²) in [6.07, 6.45) is 6.50. The van der Waals surface area contributed by atoms with Gasteiger partial charge in [-0.15, -0.1) is 0 Å². The van der Waals surface area contributed by atoms with Crippen LogP contribution in [0, 0.1) is 5.92 Å². The van der Waals surface area contributed by atoms with Gasteiger partial charge in [0, 0.05) is 42.9 Å². The lowest BCUT2D eigenvalue weighted by molar-refractivity contribution is -0.134. The molecule has 3 aromatic rings. The fourth-order valence-corrected chi connectivity index (χ4v) is 5.00. The van der Waals surface area contributed by atoms with E-state index in [9.17, 15) is 9.59 Å². The van der Waals surface area contributed by atoms with Crippen LogP contribution in [0.25, 0.3) is 16.5 Å². The zero-order chi connectivity index (χ0) is 22.2. The lowest BCUT2D eigenvalue weighted by atomic mass is 9.79. The number of rotatable bonds is 4. The molecule has 7 heteroatoms. The molecule has 0 spiro atoms. The molecule has 2 atom stereocenters. The molecule has 3 heterocycles. The zero-order valence-electron chi connectivity index (χ0n) is 18.3. The third-order valence-corrected chi connectivity index (χ3v) is 6.57. The molecule has 1 aliphatic carbocycles. The minimum Gasteiger partial charge on any atom is -0.361 e. The van der Waals surface area contributed by atoms with Crippen molar-refractivity contribution in [2.24, 2.45) is 5.92 Å². The second kappa shape index (κ2) is 8.15. The smallest absolute Gasteiger partial charge is 0.323 e. The Morgan fingerprint density at radius 1 is 1.19 bits per heavy atom. The zero-order valence-corrected chi connectivity index (χ0v) is 18.3. The van der Waals surface area contributed by atoms with Crippen molar-refractivity contribution < 1.29 is 9.59 Å².